The topological polar surface area (TPSA) is 81.2 Å². The number of likely N-dealkylation sites (tertiary alicyclic amines) is 1. The molecule has 5 atom stereocenters. The molecule has 0 aromatic heterocycles. The van der Waals surface area contributed by atoms with Crippen molar-refractivity contribution in [3.8, 4) is 0 Å². The van der Waals surface area contributed by atoms with Gasteiger partial charge in [0.1, 0.15) is 6.04 Å². The Morgan fingerprint density at radius 3 is 2.53 bits per heavy atom. The van der Waals surface area contributed by atoms with Crippen LogP contribution in [-0.4, -0.2) is 80.9 Å². The highest BCUT2D eigenvalue weighted by Crippen LogP contribution is 2.61. The molecule has 1 spiro atoms. The second-order valence-corrected chi connectivity index (χ2v) is 11.1. The van der Waals surface area contributed by atoms with E-state index in [2.05, 4.69) is 6.08 Å². The molecule has 1 unspecified atom stereocenters. The molecule has 1 aromatic carbocycles. The number of thioether (sulfide) groups is 1. The van der Waals surface area contributed by atoms with Gasteiger partial charge in [0.2, 0.25) is 17.7 Å². The zero-order valence-corrected chi connectivity index (χ0v) is 20.4. The number of hydrogen-bond acceptors (Lipinski definition) is 5. The number of aliphatic hydroxyl groups is 1. The van der Waals surface area contributed by atoms with E-state index in [0.29, 0.717) is 26.1 Å². The van der Waals surface area contributed by atoms with Crippen molar-refractivity contribution in [3.05, 3.63) is 54.6 Å². The minimum atomic E-state index is -0.803. The van der Waals surface area contributed by atoms with Gasteiger partial charge in [0.05, 0.1) is 16.6 Å². The van der Waals surface area contributed by atoms with Crippen LogP contribution < -0.4 is 4.90 Å². The molecular formula is C26H31N3O4S. The molecular weight excluding hydrogens is 450 g/mol. The molecule has 5 rings (SSSR count). The van der Waals surface area contributed by atoms with E-state index in [1.807, 2.05) is 62.4 Å². The first-order valence-corrected chi connectivity index (χ1v) is 12.9. The first-order chi connectivity index (χ1) is 16.4. The van der Waals surface area contributed by atoms with E-state index in [9.17, 15) is 19.5 Å². The summed E-state index contributed by atoms with van der Waals surface area (Å²) in [5.74, 6) is -1.48. The van der Waals surface area contributed by atoms with Gasteiger partial charge in [-0.05, 0) is 32.4 Å². The number of carbonyl (C=O) groups is 3. The number of hydrogen-bond donors (Lipinski definition) is 1. The molecule has 180 valence electrons. The van der Waals surface area contributed by atoms with Gasteiger partial charge in [-0.3, -0.25) is 14.4 Å². The summed E-state index contributed by atoms with van der Waals surface area (Å²) in [7, 11) is 0. The number of para-hydroxylation sites is 1. The quantitative estimate of drug-likeness (QED) is 0.652. The van der Waals surface area contributed by atoms with E-state index < -0.39 is 22.6 Å². The van der Waals surface area contributed by atoms with Gasteiger partial charge in [0.15, 0.2) is 0 Å². The predicted molar refractivity (Wildman–Crippen MR) is 132 cm³/mol. The van der Waals surface area contributed by atoms with Crippen LogP contribution in [0.4, 0.5) is 5.69 Å². The average Bonchev–Trinajstić information content (AvgIpc) is 3.13. The van der Waals surface area contributed by atoms with Crippen LogP contribution in [0.1, 0.15) is 20.3 Å². The Bertz CT molecular complexity index is 1040. The predicted octanol–water partition coefficient (Wildman–Crippen LogP) is 2.08. The molecule has 3 amide bonds. The van der Waals surface area contributed by atoms with Crippen molar-refractivity contribution in [3.63, 3.8) is 0 Å². The Balaban J connectivity index is 1.60. The van der Waals surface area contributed by atoms with Crippen LogP contribution in [-0.2, 0) is 14.4 Å². The van der Waals surface area contributed by atoms with Crippen LogP contribution >= 0.6 is 11.8 Å². The Kier molecular flexibility index (Phi) is 6.06. The maximum Gasteiger partial charge on any atom is 0.247 e. The number of rotatable bonds is 5. The summed E-state index contributed by atoms with van der Waals surface area (Å²) >= 11 is 1.59. The SMILES string of the molecule is CC(C)N1CC=C[C@]23S[C@@H]4C=CCN(c5ccccc5)C(=O)[C@@H]4[C@H]2C(=O)N(CCCO)C3C1=O. The highest BCUT2D eigenvalue weighted by Gasteiger charge is 2.71. The van der Waals surface area contributed by atoms with Crippen molar-refractivity contribution in [2.45, 2.75) is 42.3 Å². The van der Waals surface area contributed by atoms with Crippen molar-refractivity contribution in [1.82, 2.24) is 9.80 Å². The number of carbonyl (C=O) groups excluding carboxylic acids is 3. The summed E-state index contributed by atoms with van der Waals surface area (Å²) in [5, 5.41) is 9.30. The van der Waals surface area contributed by atoms with Crippen LogP contribution in [0.15, 0.2) is 54.6 Å². The molecule has 0 saturated carbocycles. The number of amides is 3. The summed E-state index contributed by atoms with van der Waals surface area (Å²) in [4.78, 5) is 47.0. The van der Waals surface area contributed by atoms with Crippen molar-refractivity contribution in [1.29, 1.82) is 0 Å². The minimum Gasteiger partial charge on any atom is -0.396 e. The normalized spacial score (nSPS) is 32.7. The molecule has 0 bridgehead atoms. The molecule has 0 radical (unpaired) electrons. The van der Waals surface area contributed by atoms with Gasteiger partial charge < -0.3 is 19.8 Å². The van der Waals surface area contributed by atoms with Crippen molar-refractivity contribution in [2.75, 3.05) is 31.1 Å². The number of benzene rings is 1. The summed E-state index contributed by atoms with van der Waals surface area (Å²) in [6, 6.07) is 8.85. The largest absolute Gasteiger partial charge is 0.396 e. The van der Waals surface area contributed by atoms with Gasteiger partial charge in [-0.15, -0.1) is 11.8 Å². The number of anilines is 1. The summed E-state index contributed by atoms with van der Waals surface area (Å²) < 4.78 is -0.803. The number of aliphatic hydroxyl groups excluding tert-OH is 1. The molecule has 1 N–H and O–H groups in total. The zero-order chi connectivity index (χ0) is 24.0. The van der Waals surface area contributed by atoms with E-state index >= 15 is 0 Å². The smallest absolute Gasteiger partial charge is 0.247 e. The van der Waals surface area contributed by atoms with Crippen molar-refractivity contribution < 1.29 is 19.5 Å². The van der Waals surface area contributed by atoms with Gasteiger partial charge in [-0.1, -0.05) is 42.5 Å². The number of fused-ring (bicyclic) bond motifs is 2. The van der Waals surface area contributed by atoms with Crippen LogP contribution in [0.2, 0.25) is 0 Å². The Morgan fingerprint density at radius 1 is 1.06 bits per heavy atom. The van der Waals surface area contributed by atoms with E-state index in [1.54, 1.807) is 26.5 Å². The summed E-state index contributed by atoms with van der Waals surface area (Å²) in [6.07, 6.45) is 8.48. The maximum absolute atomic E-state index is 14.0. The van der Waals surface area contributed by atoms with Crippen molar-refractivity contribution >= 4 is 35.2 Å². The first-order valence-electron chi connectivity index (χ1n) is 12.0. The third-order valence-electron chi connectivity index (χ3n) is 7.44. The van der Waals surface area contributed by atoms with E-state index in [1.165, 1.54) is 0 Å². The van der Waals surface area contributed by atoms with Gasteiger partial charge in [-0.25, -0.2) is 0 Å². The lowest BCUT2D eigenvalue weighted by Gasteiger charge is -2.36. The molecule has 2 fully saturated rings. The summed E-state index contributed by atoms with van der Waals surface area (Å²) in [5.41, 5.74) is 0.807. The minimum absolute atomic E-state index is 0.00637. The lowest BCUT2D eigenvalue weighted by molar-refractivity contribution is -0.143. The van der Waals surface area contributed by atoms with E-state index in [4.69, 9.17) is 0 Å². The van der Waals surface area contributed by atoms with Crippen LogP contribution in [0, 0.1) is 11.8 Å². The molecule has 4 heterocycles. The van der Waals surface area contributed by atoms with Crippen LogP contribution in [0.3, 0.4) is 0 Å². The Morgan fingerprint density at radius 2 is 1.82 bits per heavy atom. The standard InChI is InChI=1S/C26H31N3O4S/c1-17(2)27-14-7-12-26-21(24(32)29(15-8-16-30)22(26)25(27)33)20-19(34-26)11-6-13-28(23(20)31)18-9-4-3-5-10-18/h3-7,9-12,17,19-22,30H,8,13-16H2,1-2H3/t19-,20+,21+,22?,26+/m1/s1. The van der Waals surface area contributed by atoms with Gasteiger partial charge in [0.25, 0.3) is 0 Å². The average molecular weight is 482 g/mol. The van der Waals surface area contributed by atoms with E-state index in [0.717, 1.165) is 5.69 Å². The Hall–Kier alpha value is -2.58. The molecule has 7 nitrogen and oxygen atoms in total. The maximum atomic E-state index is 14.0. The lowest BCUT2D eigenvalue weighted by Crippen LogP contribution is -2.54. The highest BCUT2D eigenvalue weighted by atomic mass is 32.2. The molecule has 34 heavy (non-hydrogen) atoms. The molecule has 4 aliphatic rings. The van der Waals surface area contributed by atoms with E-state index in [-0.39, 0.29) is 35.6 Å². The van der Waals surface area contributed by atoms with Crippen LogP contribution in [0.25, 0.3) is 0 Å². The molecule has 8 heteroatoms. The second-order valence-electron chi connectivity index (χ2n) is 9.65. The second kappa shape index (κ2) is 8.89. The van der Waals surface area contributed by atoms with Crippen LogP contribution in [0.5, 0.6) is 0 Å². The Labute approximate surface area is 204 Å². The van der Waals surface area contributed by atoms with Gasteiger partial charge in [0, 0.05) is 43.2 Å². The molecule has 2 saturated heterocycles. The monoisotopic (exact) mass is 481 g/mol. The van der Waals surface area contributed by atoms with Gasteiger partial charge in [-0.2, -0.15) is 0 Å². The molecule has 0 aliphatic carbocycles. The highest BCUT2D eigenvalue weighted by molar-refractivity contribution is 8.02. The third-order valence-corrected chi connectivity index (χ3v) is 9.18. The zero-order valence-electron chi connectivity index (χ0n) is 19.5. The summed E-state index contributed by atoms with van der Waals surface area (Å²) in [6.45, 7) is 5.14. The molecule has 1 aromatic rings. The first kappa shape index (κ1) is 23.2. The fourth-order valence-electron chi connectivity index (χ4n) is 5.94. The number of nitrogens with zero attached hydrogens (tertiary/aromatic N) is 3. The fourth-order valence-corrected chi connectivity index (χ4v) is 7.95. The molecule has 4 aliphatic heterocycles. The lowest BCUT2D eigenvalue weighted by atomic mass is 9.78. The fraction of sp³-hybridized carbons (Fsp3) is 0.500. The van der Waals surface area contributed by atoms with Gasteiger partial charge >= 0.3 is 0 Å². The third kappa shape index (κ3) is 3.41. The van der Waals surface area contributed by atoms with Crippen molar-refractivity contribution in [2.24, 2.45) is 11.8 Å².